The van der Waals surface area contributed by atoms with Crippen LogP contribution in [0.5, 0.6) is 11.5 Å². The molecule has 0 spiro atoms. The Morgan fingerprint density at radius 1 is 1.00 bits per heavy atom. The Hall–Kier alpha value is -2.69. The molecule has 2 aromatic carbocycles. The molecule has 5 heteroatoms. The Morgan fingerprint density at radius 3 is 2.36 bits per heavy atom. The Kier molecular flexibility index (Phi) is 5.43. The molecule has 1 aliphatic rings. The molecule has 1 N–H and O–H groups in total. The molecule has 0 aliphatic carbocycles. The van der Waals surface area contributed by atoms with Crippen molar-refractivity contribution in [1.29, 1.82) is 0 Å². The van der Waals surface area contributed by atoms with Crippen LogP contribution in [0.1, 0.15) is 29.8 Å². The summed E-state index contributed by atoms with van der Waals surface area (Å²) in [5.74, 6) is 1.20. The fourth-order valence-electron chi connectivity index (χ4n) is 2.88. The summed E-state index contributed by atoms with van der Waals surface area (Å²) in [5.41, 5.74) is 2.85. The van der Waals surface area contributed by atoms with Gasteiger partial charge in [-0.2, -0.15) is 0 Å². The lowest BCUT2D eigenvalue weighted by Gasteiger charge is -2.21. The first-order valence-electron chi connectivity index (χ1n) is 8.73. The molecule has 0 radical (unpaired) electrons. The van der Waals surface area contributed by atoms with E-state index in [9.17, 15) is 4.79 Å². The SMILES string of the molecule is CCN(CC)c1ccc(CNC(=O)c2ccc3c(c2)OCCO3)cc1. The van der Waals surface area contributed by atoms with Crippen LogP contribution < -0.4 is 19.7 Å². The Bertz CT molecular complexity index is 724. The molecule has 0 saturated carbocycles. The maximum absolute atomic E-state index is 12.4. The number of ether oxygens (including phenoxy) is 2. The highest BCUT2D eigenvalue weighted by molar-refractivity contribution is 5.94. The highest BCUT2D eigenvalue weighted by atomic mass is 16.6. The van der Waals surface area contributed by atoms with Crippen LogP contribution in [0.4, 0.5) is 5.69 Å². The molecule has 132 valence electrons. The fraction of sp³-hybridized carbons (Fsp3) is 0.350. The van der Waals surface area contributed by atoms with Gasteiger partial charge in [-0.1, -0.05) is 12.1 Å². The molecule has 5 nitrogen and oxygen atoms in total. The monoisotopic (exact) mass is 340 g/mol. The van der Waals surface area contributed by atoms with Gasteiger partial charge in [0.25, 0.3) is 5.91 Å². The van der Waals surface area contributed by atoms with Gasteiger partial charge in [-0.15, -0.1) is 0 Å². The molecule has 0 unspecified atom stereocenters. The molecule has 1 aliphatic heterocycles. The van der Waals surface area contributed by atoms with E-state index in [1.54, 1.807) is 18.2 Å². The number of nitrogens with one attached hydrogen (secondary N) is 1. The molecule has 0 bridgehead atoms. The van der Waals surface area contributed by atoms with Gasteiger partial charge in [0.2, 0.25) is 0 Å². The number of rotatable bonds is 6. The number of nitrogens with zero attached hydrogens (tertiary/aromatic N) is 1. The lowest BCUT2D eigenvalue weighted by Crippen LogP contribution is -2.24. The maximum Gasteiger partial charge on any atom is 0.251 e. The van der Waals surface area contributed by atoms with Gasteiger partial charge >= 0.3 is 0 Å². The van der Waals surface area contributed by atoms with Gasteiger partial charge in [0, 0.05) is 30.9 Å². The highest BCUT2D eigenvalue weighted by Crippen LogP contribution is 2.30. The van der Waals surface area contributed by atoms with E-state index in [0.717, 1.165) is 18.7 Å². The van der Waals surface area contributed by atoms with Crippen molar-refractivity contribution in [2.75, 3.05) is 31.2 Å². The Morgan fingerprint density at radius 2 is 1.68 bits per heavy atom. The third-order valence-electron chi connectivity index (χ3n) is 4.32. The number of hydrogen-bond donors (Lipinski definition) is 1. The molecule has 0 atom stereocenters. The normalized spacial score (nSPS) is 12.6. The van der Waals surface area contributed by atoms with Crippen molar-refractivity contribution < 1.29 is 14.3 Å². The maximum atomic E-state index is 12.4. The molecule has 2 aromatic rings. The first-order valence-corrected chi connectivity index (χ1v) is 8.73. The summed E-state index contributed by atoms with van der Waals surface area (Å²) in [6.45, 7) is 7.80. The fourth-order valence-corrected chi connectivity index (χ4v) is 2.88. The van der Waals surface area contributed by atoms with E-state index in [2.05, 4.69) is 48.3 Å². The van der Waals surface area contributed by atoms with Crippen LogP contribution in [0.3, 0.4) is 0 Å². The van der Waals surface area contributed by atoms with Crippen LogP contribution >= 0.6 is 0 Å². The molecule has 1 heterocycles. The van der Waals surface area contributed by atoms with Crippen molar-refractivity contribution in [3.63, 3.8) is 0 Å². The smallest absolute Gasteiger partial charge is 0.251 e. The average molecular weight is 340 g/mol. The lowest BCUT2D eigenvalue weighted by atomic mass is 10.1. The van der Waals surface area contributed by atoms with E-state index >= 15 is 0 Å². The third-order valence-corrected chi connectivity index (χ3v) is 4.32. The van der Waals surface area contributed by atoms with E-state index in [4.69, 9.17) is 9.47 Å². The number of benzene rings is 2. The molecule has 0 saturated heterocycles. The van der Waals surface area contributed by atoms with Gasteiger partial charge in [-0.3, -0.25) is 4.79 Å². The van der Waals surface area contributed by atoms with Crippen LogP contribution in [0.15, 0.2) is 42.5 Å². The second-order valence-electron chi connectivity index (χ2n) is 5.88. The van der Waals surface area contributed by atoms with Crippen molar-refractivity contribution in [3.05, 3.63) is 53.6 Å². The summed E-state index contributed by atoms with van der Waals surface area (Å²) in [6.07, 6.45) is 0. The topological polar surface area (TPSA) is 50.8 Å². The Balaban J connectivity index is 1.60. The minimum Gasteiger partial charge on any atom is -0.486 e. The standard InChI is InChI=1S/C20H24N2O3/c1-3-22(4-2)17-8-5-15(6-9-17)14-21-20(23)16-7-10-18-19(13-16)25-12-11-24-18/h5-10,13H,3-4,11-12,14H2,1-2H3,(H,21,23). The number of anilines is 1. The van der Waals surface area contributed by atoms with Crippen LogP contribution in [-0.2, 0) is 6.54 Å². The quantitative estimate of drug-likeness (QED) is 0.877. The van der Waals surface area contributed by atoms with E-state index in [1.807, 2.05) is 0 Å². The largest absolute Gasteiger partial charge is 0.486 e. The number of fused-ring (bicyclic) bond motifs is 1. The zero-order valence-electron chi connectivity index (χ0n) is 14.7. The highest BCUT2D eigenvalue weighted by Gasteiger charge is 2.14. The van der Waals surface area contributed by atoms with Crippen molar-refractivity contribution in [3.8, 4) is 11.5 Å². The van der Waals surface area contributed by atoms with E-state index in [0.29, 0.717) is 36.8 Å². The third kappa shape index (κ3) is 4.05. The average Bonchev–Trinajstić information content (AvgIpc) is 2.67. The molecule has 25 heavy (non-hydrogen) atoms. The van der Waals surface area contributed by atoms with Crippen LogP contribution in [-0.4, -0.2) is 32.2 Å². The van der Waals surface area contributed by atoms with Crippen LogP contribution in [0.2, 0.25) is 0 Å². The van der Waals surface area contributed by atoms with Crippen LogP contribution in [0.25, 0.3) is 0 Å². The zero-order valence-corrected chi connectivity index (χ0v) is 14.7. The summed E-state index contributed by atoms with van der Waals surface area (Å²) in [7, 11) is 0. The van der Waals surface area contributed by atoms with Gasteiger partial charge in [0.05, 0.1) is 0 Å². The summed E-state index contributed by atoms with van der Waals surface area (Å²) in [6, 6.07) is 13.6. The van der Waals surface area contributed by atoms with Crippen LogP contribution in [0, 0.1) is 0 Å². The summed E-state index contributed by atoms with van der Waals surface area (Å²) >= 11 is 0. The van der Waals surface area contributed by atoms with E-state index in [-0.39, 0.29) is 5.91 Å². The van der Waals surface area contributed by atoms with Gasteiger partial charge in [-0.25, -0.2) is 0 Å². The molecule has 0 aromatic heterocycles. The number of hydrogen-bond acceptors (Lipinski definition) is 4. The van der Waals surface area contributed by atoms with Crippen molar-refractivity contribution >= 4 is 11.6 Å². The Labute approximate surface area is 148 Å². The predicted molar refractivity (Wildman–Crippen MR) is 98.6 cm³/mol. The lowest BCUT2D eigenvalue weighted by molar-refractivity contribution is 0.0949. The van der Waals surface area contributed by atoms with Gasteiger partial charge in [-0.05, 0) is 49.7 Å². The summed E-state index contributed by atoms with van der Waals surface area (Å²) in [4.78, 5) is 14.6. The molecule has 3 rings (SSSR count). The molecular weight excluding hydrogens is 316 g/mol. The second kappa shape index (κ2) is 7.92. The number of carbonyl (C=O) groups is 1. The minimum atomic E-state index is -0.121. The summed E-state index contributed by atoms with van der Waals surface area (Å²) < 4.78 is 11.0. The van der Waals surface area contributed by atoms with Crippen molar-refractivity contribution in [2.24, 2.45) is 0 Å². The van der Waals surface area contributed by atoms with E-state index < -0.39 is 0 Å². The van der Waals surface area contributed by atoms with Gasteiger partial charge < -0.3 is 19.7 Å². The second-order valence-corrected chi connectivity index (χ2v) is 5.88. The summed E-state index contributed by atoms with van der Waals surface area (Å²) in [5, 5.41) is 2.95. The number of amides is 1. The molecule has 1 amide bonds. The first kappa shape index (κ1) is 17.1. The first-order chi connectivity index (χ1) is 12.2. The van der Waals surface area contributed by atoms with Gasteiger partial charge in [0.1, 0.15) is 13.2 Å². The predicted octanol–water partition coefficient (Wildman–Crippen LogP) is 3.23. The minimum absolute atomic E-state index is 0.121. The molecule has 0 fully saturated rings. The number of carbonyl (C=O) groups excluding carboxylic acids is 1. The zero-order chi connectivity index (χ0) is 17.6. The van der Waals surface area contributed by atoms with Crippen molar-refractivity contribution in [2.45, 2.75) is 20.4 Å². The van der Waals surface area contributed by atoms with Gasteiger partial charge in [0.15, 0.2) is 11.5 Å². The molecular formula is C20H24N2O3. The van der Waals surface area contributed by atoms with Crippen molar-refractivity contribution in [1.82, 2.24) is 5.32 Å². The van der Waals surface area contributed by atoms with E-state index in [1.165, 1.54) is 5.69 Å².